The van der Waals surface area contributed by atoms with Crippen molar-refractivity contribution in [2.45, 2.75) is 70.1 Å². The number of piperazine rings is 1. The quantitative estimate of drug-likeness (QED) is 0.288. The molecule has 1 saturated heterocycles. The van der Waals surface area contributed by atoms with E-state index in [1.807, 2.05) is 42.5 Å². The topological polar surface area (TPSA) is 71.2 Å². The van der Waals surface area contributed by atoms with E-state index >= 15 is 0 Å². The molecule has 4 aliphatic rings. The van der Waals surface area contributed by atoms with Crippen LogP contribution in [-0.4, -0.2) is 79.5 Å². The summed E-state index contributed by atoms with van der Waals surface area (Å²) in [4.78, 5) is 35.0. The number of nitrogens with zero attached hydrogens (tertiary/aromatic N) is 4. The van der Waals surface area contributed by atoms with Gasteiger partial charge in [-0.1, -0.05) is 12.1 Å². The van der Waals surface area contributed by atoms with Crippen molar-refractivity contribution in [3.05, 3.63) is 83.4 Å². The van der Waals surface area contributed by atoms with Gasteiger partial charge in [-0.3, -0.25) is 14.5 Å². The lowest BCUT2D eigenvalue weighted by Gasteiger charge is -2.42. The first-order valence-electron chi connectivity index (χ1n) is 17.5. The molecule has 3 aromatic carbocycles. The van der Waals surface area contributed by atoms with Gasteiger partial charge in [0.2, 0.25) is 5.91 Å². The summed E-state index contributed by atoms with van der Waals surface area (Å²) in [5.41, 5.74) is 3.31. The van der Waals surface area contributed by atoms with Crippen LogP contribution in [0.3, 0.4) is 0 Å². The van der Waals surface area contributed by atoms with E-state index in [1.54, 1.807) is 23.8 Å². The number of carbonyl (C=O) groups is 2. The molecule has 10 heteroatoms. The number of rotatable bonds is 9. The number of amides is 2. The van der Waals surface area contributed by atoms with Gasteiger partial charge in [-0.25, -0.2) is 8.78 Å². The van der Waals surface area contributed by atoms with Crippen molar-refractivity contribution in [2.75, 3.05) is 54.9 Å². The van der Waals surface area contributed by atoms with Crippen LogP contribution in [0.15, 0.2) is 60.7 Å². The third-order valence-corrected chi connectivity index (χ3v) is 10.8. The van der Waals surface area contributed by atoms with E-state index in [0.29, 0.717) is 23.0 Å². The Hall–Kier alpha value is -4.02. The van der Waals surface area contributed by atoms with Crippen LogP contribution in [0.1, 0.15) is 61.4 Å². The van der Waals surface area contributed by atoms with Gasteiger partial charge in [-0.2, -0.15) is 0 Å². The smallest absolute Gasteiger partial charge is 0.251 e. The fraction of sp³-hybridized carbons (Fsp3) is 0.474. The number of nitrogens with one attached hydrogen (secondary N) is 2. The SMILES string of the molecule is C[C@@H]1C(=O)N(C)c2ccc(Nc3cccc(C(=O)NC4CCC(N5CCN(CC6CC6)CC5)CC4)c3)cc2N1Cc1c(F)cccc1F. The van der Waals surface area contributed by atoms with Crippen LogP contribution in [0.2, 0.25) is 0 Å². The molecule has 2 saturated carbocycles. The maximum atomic E-state index is 14.6. The zero-order valence-electron chi connectivity index (χ0n) is 27.9. The molecular weight excluding hydrogens is 610 g/mol. The number of anilines is 4. The number of hydrogen-bond donors (Lipinski definition) is 2. The number of benzene rings is 3. The molecular formula is C38H46F2N6O2. The lowest BCUT2D eigenvalue weighted by Crippen LogP contribution is -2.52. The van der Waals surface area contributed by atoms with Crippen molar-refractivity contribution in [3.8, 4) is 0 Å². The molecule has 0 radical (unpaired) electrons. The minimum absolute atomic E-state index is 0.0757. The van der Waals surface area contributed by atoms with Gasteiger partial charge in [0.1, 0.15) is 17.7 Å². The van der Waals surface area contributed by atoms with Crippen molar-refractivity contribution < 1.29 is 18.4 Å². The van der Waals surface area contributed by atoms with E-state index in [2.05, 4.69) is 20.4 Å². The molecule has 0 aromatic heterocycles. The second kappa shape index (κ2) is 13.8. The van der Waals surface area contributed by atoms with E-state index in [0.717, 1.165) is 56.1 Å². The number of hydrogen-bond acceptors (Lipinski definition) is 6. The molecule has 7 rings (SSSR count). The summed E-state index contributed by atoms with van der Waals surface area (Å²) in [6.45, 7) is 7.63. The lowest BCUT2D eigenvalue weighted by atomic mass is 9.89. The van der Waals surface area contributed by atoms with Crippen molar-refractivity contribution in [1.82, 2.24) is 15.1 Å². The van der Waals surface area contributed by atoms with Gasteiger partial charge < -0.3 is 25.3 Å². The van der Waals surface area contributed by atoms with Crippen LogP contribution in [0.25, 0.3) is 0 Å². The van der Waals surface area contributed by atoms with E-state index in [-0.39, 0.29) is 30.0 Å². The Morgan fingerprint density at radius 1 is 0.833 bits per heavy atom. The van der Waals surface area contributed by atoms with Gasteiger partial charge >= 0.3 is 0 Å². The molecule has 0 unspecified atom stereocenters. The normalized spacial score (nSPS) is 23.6. The third-order valence-electron chi connectivity index (χ3n) is 10.8. The highest BCUT2D eigenvalue weighted by atomic mass is 19.1. The van der Waals surface area contributed by atoms with Gasteiger partial charge in [0.15, 0.2) is 0 Å². The summed E-state index contributed by atoms with van der Waals surface area (Å²) in [5, 5.41) is 6.67. The Morgan fingerprint density at radius 2 is 1.52 bits per heavy atom. The monoisotopic (exact) mass is 656 g/mol. The zero-order chi connectivity index (χ0) is 33.4. The van der Waals surface area contributed by atoms with E-state index < -0.39 is 17.7 Å². The summed E-state index contributed by atoms with van der Waals surface area (Å²) < 4.78 is 29.3. The van der Waals surface area contributed by atoms with Gasteiger partial charge in [0.05, 0.1) is 11.4 Å². The fourth-order valence-corrected chi connectivity index (χ4v) is 7.67. The number of halogens is 2. The average molecular weight is 657 g/mol. The standard InChI is InChI=1S/C38H46F2N6O2/c1-25-38(48)43(2)35-16-13-30(22-36(35)46(25)24-32-33(39)7-4-8-34(32)40)41-29-6-3-5-27(21-29)37(47)42-28-11-14-31(15-12-28)45-19-17-44(18-20-45)23-26-9-10-26/h3-8,13,16,21-22,25-26,28,31,41H,9-12,14-15,17-20,23-24H2,1-2H3,(H,42,47)/t25-,28?,31?/m1/s1. The van der Waals surface area contributed by atoms with Crippen molar-refractivity contribution >= 4 is 34.6 Å². The summed E-state index contributed by atoms with van der Waals surface area (Å²) in [7, 11) is 1.71. The molecule has 3 fully saturated rings. The predicted molar refractivity (Wildman–Crippen MR) is 186 cm³/mol. The average Bonchev–Trinajstić information content (AvgIpc) is 3.92. The van der Waals surface area contributed by atoms with Crippen molar-refractivity contribution in [3.63, 3.8) is 0 Å². The summed E-state index contributed by atoms with van der Waals surface area (Å²) in [6.07, 6.45) is 7.05. The molecule has 1 atom stereocenters. The summed E-state index contributed by atoms with van der Waals surface area (Å²) in [6, 6.07) is 17.0. The van der Waals surface area contributed by atoms with Crippen LogP contribution >= 0.6 is 0 Å². The molecule has 48 heavy (non-hydrogen) atoms. The highest BCUT2D eigenvalue weighted by Crippen LogP contribution is 2.39. The Bertz CT molecular complexity index is 1630. The molecule has 2 heterocycles. The highest BCUT2D eigenvalue weighted by molar-refractivity contribution is 6.05. The molecule has 2 aliphatic carbocycles. The Balaban J connectivity index is 0.978. The fourth-order valence-electron chi connectivity index (χ4n) is 7.67. The Labute approximate surface area is 282 Å². The van der Waals surface area contributed by atoms with Crippen LogP contribution < -0.4 is 20.4 Å². The van der Waals surface area contributed by atoms with Crippen molar-refractivity contribution in [2.24, 2.45) is 5.92 Å². The van der Waals surface area contributed by atoms with Gasteiger partial charge in [-0.05, 0) is 99.9 Å². The molecule has 0 bridgehead atoms. The maximum Gasteiger partial charge on any atom is 0.251 e. The highest BCUT2D eigenvalue weighted by Gasteiger charge is 2.35. The molecule has 2 amide bonds. The largest absolute Gasteiger partial charge is 0.355 e. The lowest BCUT2D eigenvalue weighted by molar-refractivity contribution is -0.119. The number of carbonyl (C=O) groups excluding carboxylic acids is 2. The van der Waals surface area contributed by atoms with Crippen LogP contribution in [0, 0.1) is 17.6 Å². The van der Waals surface area contributed by atoms with E-state index in [9.17, 15) is 18.4 Å². The first-order chi connectivity index (χ1) is 23.2. The van der Waals surface area contributed by atoms with Crippen molar-refractivity contribution in [1.29, 1.82) is 0 Å². The number of likely N-dealkylation sites (N-methyl/N-ethyl adjacent to an activating group) is 1. The summed E-state index contributed by atoms with van der Waals surface area (Å²) >= 11 is 0. The third kappa shape index (κ3) is 7.05. The molecule has 8 nitrogen and oxygen atoms in total. The Kier molecular flexibility index (Phi) is 9.38. The van der Waals surface area contributed by atoms with E-state index in [1.165, 1.54) is 50.7 Å². The van der Waals surface area contributed by atoms with Gasteiger partial charge in [0, 0.05) is 80.9 Å². The predicted octanol–water partition coefficient (Wildman–Crippen LogP) is 6.15. The van der Waals surface area contributed by atoms with Crippen LogP contribution in [0.5, 0.6) is 0 Å². The van der Waals surface area contributed by atoms with Crippen LogP contribution in [-0.2, 0) is 11.3 Å². The second-order valence-corrected chi connectivity index (χ2v) is 14.1. The molecule has 254 valence electrons. The second-order valence-electron chi connectivity index (χ2n) is 14.1. The first kappa shape index (κ1) is 32.5. The molecule has 0 spiro atoms. The minimum Gasteiger partial charge on any atom is -0.355 e. The zero-order valence-corrected chi connectivity index (χ0v) is 27.9. The molecule has 2 aliphatic heterocycles. The van der Waals surface area contributed by atoms with Gasteiger partial charge in [0.25, 0.3) is 5.91 Å². The molecule has 2 N–H and O–H groups in total. The van der Waals surface area contributed by atoms with Gasteiger partial charge in [-0.15, -0.1) is 0 Å². The van der Waals surface area contributed by atoms with Crippen LogP contribution in [0.4, 0.5) is 31.5 Å². The maximum absolute atomic E-state index is 14.6. The molecule has 3 aromatic rings. The summed E-state index contributed by atoms with van der Waals surface area (Å²) in [5.74, 6) is -0.579. The number of fused-ring (bicyclic) bond motifs is 1. The Morgan fingerprint density at radius 3 is 2.23 bits per heavy atom. The first-order valence-corrected chi connectivity index (χ1v) is 17.5. The van der Waals surface area contributed by atoms with E-state index in [4.69, 9.17) is 0 Å². The minimum atomic E-state index is -0.648.